The maximum atomic E-state index is 6.33. The second-order valence-electron chi connectivity index (χ2n) is 5.66. The number of alkyl halides is 2. The van der Waals surface area contributed by atoms with Gasteiger partial charge in [0.2, 0.25) is 0 Å². The third-order valence-electron chi connectivity index (χ3n) is 3.98. The van der Waals surface area contributed by atoms with E-state index in [1.807, 2.05) is 18.2 Å². The second kappa shape index (κ2) is 7.05. The Balaban J connectivity index is 2.45. The smallest absolute Gasteiger partial charge is 0.0408 e. The van der Waals surface area contributed by atoms with Crippen LogP contribution in [0.25, 0.3) is 0 Å². The van der Waals surface area contributed by atoms with Gasteiger partial charge in [-0.25, -0.2) is 0 Å². The van der Waals surface area contributed by atoms with Crippen LogP contribution in [0.15, 0.2) is 42.5 Å². The van der Waals surface area contributed by atoms with Crippen LogP contribution in [0.5, 0.6) is 0 Å². The molecule has 3 heteroatoms. The highest BCUT2D eigenvalue weighted by Gasteiger charge is 2.31. The Bertz CT molecular complexity index is 616. The molecular weight excluding hydrogens is 323 g/mol. The number of hydrogen-bond donors (Lipinski definition) is 0. The van der Waals surface area contributed by atoms with Gasteiger partial charge in [0, 0.05) is 22.2 Å². The Morgan fingerprint density at radius 3 is 2.29 bits per heavy atom. The standard InChI is InChI=1S/C18H19Cl3/c1-13-6-7-14(2)15(8-13)10-18(11-19,12-20)16-4-3-5-17(21)9-16/h3-9H,10-12H2,1-2H3. The number of benzene rings is 2. The summed E-state index contributed by atoms with van der Waals surface area (Å²) >= 11 is 18.8. The van der Waals surface area contributed by atoms with E-state index in [4.69, 9.17) is 34.8 Å². The summed E-state index contributed by atoms with van der Waals surface area (Å²) in [7, 11) is 0. The zero-order valence-electron chi connectivity index (χ0n) is 12.3. The van der Waals surface area contributed by atoms with Crippen molar-refractivity contribution in [2.45, 2.75) is 25.7 Å². The number of rotatable bonds is 5. The average Bonchev–Trinajstić information content (AvgIpc) is 2.48. The van der Waals surface area contributed by atoms with E-state index in [1.165, 1.54) is 16.7 Å². The van der Waals surface area contributed by atoms with Crippen LogP contribution in [0.3, 0.4) is 0 Å². The van der Waals surface area contributed by atoms with E-state index in [9.17, 15) is 0 Å². The third kappa shape index (κ3) is 3.74. The molecule has 0 bridgehead atoms. The van der Waals surface area contributed by atoms with Crippen molar-refractivity contribution in [3.05, 3.63) is 69.7 Å². The van der Waals surface area contributed by atoms with E-state index in [-0.39, 0.29) is 5.41 Å². The average molecular weight is 342 g/mol. The van der Waals surface area contributed by atoms with E-state index >= 15 is 0 Å². The molecule has 0 aliphatic rings. The van der Waals surface area contributed by atoms with Gasteiger partial charge in [-0.15, -0.1) is 23.2 Å². The lowest BCUT2D eigenvalue weighted by Gasteiger charge is -2.31. The highest BCUT2D eigenvalue weighted by molar-refractivity contribution is 6.30. The molecule has 2 aromatic carbocycles. The minimum Gasteiger partial charge on any atom is -0.126 e. The maximum Gasteiger partial charge on any atom is 0.0408 e. The van der Waals surface area contributed by atoms with Gasteiger partial charge in [0.25, 0.3) is 0 Å². The van der Waals surface area contributed by atoms with Crippen LogP contribution in [0, 0.1) is 13.8 Å². The Kier molecular flexibility index (Phi) is 5.60. The highest BCUT2D eigenvalue weighted by atomic mass is 35.5. The molecular formula is C18H19Cl3. The summed E-state index contributed by atoms with van der Waals surface area (Å²) in [6.07, 6.45) is 0.813. The first kappa shape index (κ1) is 16.7. The Hall–Kier alpha value is -0.690. The minimum absolute atomic E-state index is 0.299. The molecule has 0 amide bonds. The first-order valence-electron chi connectivity index (χ1n) is 6.95. The van der Waals surface area contributed by atoms with Crippen LogP contribution >= 0.6 is 34.8 Å². The lowest BCUT2D eigenvalue weighted by molar-refractivity contribution is 0.535. The Labute approximate surface area is 142 Å². The summed E-state index contributed by atoms with van der Waals surface area (Å²) in [5.41, 5.74) is 4.60. The predicted molar refractivity (Wildman–Crippen MR) is 94.2 cm³/mol. The molecule has 0 N–H and O–H groups in total. The van der Waals surface area contributed by atoms with Crippen molar-refractivity contribution in [3.63, 3.8) is 0 Å². The highest BCUT2D eigenvalue weighted by Crippen LogP contribution is 2.34. The van der Waals surface area contributed by atoms with Crippen molar-refractivity contribution >= 4 is 34.8 Å². The van der Waals surface area contributed by atoms with Crippen LogP contribution in [-0.2, 0) is 11.8 Å². The van der Waals surface area contributed by atoms with Gasteiger partial charge in [0.15, 0.2) is 0 Å². The number of hydrogen-bond acceptors (Lipinski definition) is 0. The molecule has 0 atom stereocenters. The fraction of sp³-hybridized carbons (Fsp3) is 0.333. The van der Waals surface area contributed by atoms with Gasteiger partial charge in [-0.2, -0.15) is 0 Å². The molecule has 0 unspecified atom stereocenters. The van der Waals surface area contributed by atoms with Gasteiger partial charge in [-0.1, -0.05) is 47.5 Å². The Morgan fingerprint density at radius 1 is 0.952 bits per heavy atom. The van der Waals surface area contributed by atoms with Crippen molar-refractivity contribution in [2.75, 3.05) is 11.8 Å². The van der Waals surface area contributed by atoms with Crippen molar-refractivity contribution in [1.29, 1.82) is 0 Å². The van der Waals surface area contributed by atoms with E-state index in [0.717, 1.165) is 12.0 Å². The Morgan fingerprint density at radius 2 is 1.67 bits per heavy atom. The van der Waals surface area contributed by atoms with E-state index in [0.29, 0.717) is 16.8 Å². The summed E-state index contributed by atoms with van der Waals surface area (Å²) in [6.45, 7) is 4.23. The molecule has 0 spiro atoms. The van der Waals surface area contributed by atoms with Crippen LogP contribution in [0.1, 0.15) is 22.3 Å². The molecule has 0 aliphatic carbocycles. The van der Waals surface area contributed by atoms with Gasteiger partial charge in [-0.05, 0) is 49.1 Å². The number of halogens is 3. The van der Waals surface area contributed by atoms with Crippen LogP contribution in [-0.4, -0.2) is 11.8 Å². The lowest BCUT2D eigenvalue weighted by Crippen LogP contribution is -2.33. The van der Waals surface area contributed by atoms with E-state index < -0.39 is 0 Å². The molecule has 0 radical (unpaired) electrons. The van der Waals surface area contributed by atoms with Crippen molar-refractivity contribution in [2.24, 2.45) is 0 Å². The van der Waals surface area contributed by atoms with Crippen molar-refractivity contribution < 1.29 is 0 Å². The summed E-state index contributed by atoms with van der Waals surface area (Å²) in [5, 5.41) is 0.716. The summed E-state index contributed by atoms with van der Waals surface area (Å²) < 4.78 is 0. The van der Waals surface area contributed by atoms with E-state index in [2.05, 4.69) is 38.1 Å². The van der Waals surface area contributed by atoms with Gasteiger partial charge >= 0.3 is 0 Å². The van der Waals surface area contributed by atoms with Crippen molar-refractivity contribution in [1.82, 2.24) is 0 Å². The molecule has 0 fully saturated rings. The predicted octanol–water partition coefficient (Wildman–Crippen LogP) is 5.91. The summed E-state index contributed by atoms with van der Waals surface area (Å²) in [6, 6.07) is 14.3. The van der Waals surface area contributed by atoms with Gasteiger partial charge in [0.1, 0.15) is 0 Å². The quantitative estimate of drug-likeness (QED) is 0.593. The molecule has 0 aliphatic heterocycles. The molecule has 0 nitrogen and oxygen atoms in total. The second-order valence-corrected chi connectivity index (χ2v) is 6.64. The molecule has 0 aromatic heterocycles. The fourth-order valence-electron chi connectivity index (χ4n) is 2.56. The molecule has 21 heavy (non-hydrogen) atoms. The van der Waals surface area contributed by atoms with Gasteiger partial charge in [-0.3, -0.25) is 0 Å². The van der Waals surface area contributed by atoms with E-state index in [1.54, 1.807) is 0 Å². The molecule has 2 aromatic rings. The van der Waals surface area contributed by atoms with Crippen LogP contribution in [0.4, 0.5) is 0 Å². The van der Waals surface area contributed by atoms with Crippen LogP contribution in [0.2, 0.25) is 5.02 Å². The zero-order valence-corrected chi connectivity index (χ0v) is 14.6. The SMILES string of the molecule is Cc1ccc(C)c(CC(CCl)(CCl)c2cccc(Cl)c2)c1. The maximum absolute atomic E-state index is 6.33. The summed E-state index contributed by atoms with van der Waals surface area (Å²) in [4.78, 5) is 0. The largest absolute Gasteiger partial charge is 0.126 e. The zero-order chi connectivity index (χ0) is 15.5. The van der Waals surface area contributed by atoms with Crippen LogP contribution < -0.4 is 0 Å². The lowest BCUT2D eigenvalue weighted by atomic mass is 9.77. The molecule has 112 valence electrons. The normalized spacial score (nSPS) is 11.7. The molecule has 0 saturated carbocycles. The first-order chi connectivity index (χ1) is 10.0. The molecule has 0 heterocycles. The molecule has 2 rings (SSSR count). The topological polar surface area (TPSA) is 0 Å². The summed E-state index contributed by atoms with van der Waals surface area (Å²) in [5.74, 6) is 0.925. The van der Waals surface area contributed by atoms with Gasteiger partial charge in [0.05, 0.1) is 0 Å². The third-order valence-corrected chi connectivity index (χ3v) is 5.24. The van der Waals surface area contributed by atoms with Crippen molar-refractivity contribution in [3.8, 4) is 0 Å². The number of aryl methyl sites for hydroxylation is 2. The molecule has 0 saturated heterocycles. The van der Waals surface area contributed by atoms with Gasteiger partial charge < -0.3 is 0 Å². The minimum atomic E-state index is -0.299. The fourth-order valence-corrected chi connectivity index (χ4v) is 3.53. The monoisotopic (exact) mass is 340 g/mol. The first-order valence-corrected chi connectivity index (χ1v) is 8.39.